The summed E-state index contributed by atoms with van der Waals surface area (Å²) in [6.45, 7) is 7.70. The number of carbonyl (C=O) groups is 1. The molecule has 0 spiro atoms. The van der Waals surface area contributed by atoms with Crippen molar-refractivity contribution in [3.05, 3.63) is 42.5 Å². The number of benzene rings is 1. The van der Waals surface area contributed by atoms with E-state index in [0.29, 0.717) is 25.7 Å². The van der Waals surface area contributed by atoms with E-state index in [2.05, 4.69) is 16.9 Å². The van der Waals surface area contributed by atoms with Gasteiger partial charge in [0.05, 0.1) is 6.54 Å². The van der Waals surface area contributed by atoms with Crippen LogP contribution in [0, 0.1) is 0 Å². The van der Waals surface area contributed by atoms with E-state index in [-0.39, 0.29) is 12.5 Å². The highest BCUT2D eigenvalue weighted by Gasteiger charge is 2.09. The Balaban J connectivity index is 2.58. The number of hydrogen-bond donors (Lipinski definition) is 1. The molecule has 0 unspecified atom stereocenters. The topological polar surface area (TPSA) is 57.2 Å². The van der Waals surface area contributed by atoms with Gasteiger partial charge in [0, 0.05) is 27.7 Å². The summed E-state index contributed by atoms with van der Waals surface area (Å²) < 4.78 is 5.70. The van der Waals surface area contributed by atoms with Crippen LogP contribution in [0.4, 0.5) is 0 Å². The van der Waals surface area contributed by atoms with E-state index in [4.69, 9.17) is 4.74 Å². The van der Waals surface area contributed by atoms with Gasteiger partial charge in [0.15, 0.2) is 5.96 Å². The minimum atomic E-state index is -0.0430. The number of hydrogen-bond acceptors (Lipinski definition) is 3. The average Bonchev–Trinajstić information content (AvgIpc) is 2.55. The molecule has 1 aromatic rings. The molecule has 0 radical (unpaired) electrons. The molecule has 0 aromatic heterocycles. The Labute approximate surface area is 144 Å². The number of rotatable bonds is 8. The fraction of sp³-hybridized carbons (Fsp3) is 0.444. The maximum absolute atomic E-state index is 11.7. The van der Waals surface area contributed by atoms with Gasteiger partial charge in [-0.1, -0.05) is 30.4 Å². The van der Waals surface area contributed by atoms with Crippen LogP contribution in [0.3, 0.4) is 0 Å². The Hall–Kier alpha value is -2.50. The average molecular weight is 332 g/mol. The van der Waals surface area contributed by atoms with Gasteiger partial charge in [-0.15, -0.1) is 0 Å². The first-order valence-corrected chi connectivity index (χ1v) is 7.92. The van der Waals surface area contributed by atoms with E-state index < -0.39 is 0 Å². The van der Waals surface area contributed by atoms with Crippen molar-refractivity contribution in [1.82, 2.24) is 15.1 Å². The highest BCUT2D eigenvalue weighted by Crippen LogP contribution is 2.07. The molecule has 0 bridgehead atoms. The van der Waals surface area contributed by atoms with Gasteiger partial charge in [0.1, 0.15) is 18.9 Å². The highest BCUT2D eigenvalue weighted by atomic mass is 16.5. The SMILES string of the molecule is C=C(C)CNC(=NCC(=O)N(C)C)N(C)CCOc1ccccc1. The van der Waals surface area contributed by atoms with E-state index in [0.717, 1.165) is 11.3 Å². The smallest absolute Gasteiger partial charge is 0.243 e. The van der Waals surface area contributed by atoms with Crippen LogP contribution in [0.2, 0.25) is 0 Å². The van der Waals surface area contributed by atoms with E-state index >= 15 is 0 Å². The van der Waals surface area contributed by atoms with E-state index in [9.17, 15) is 4.79 Å². The summed E-state index contributed by atoms with van der Waals surface area (Å²) in [5.41, 5.74) is 0.996. The number of guanidine groups is 1. The lowest BCUT2D eigenvalue weighted by Gasteiger charge is -2.23. The summed E-state index contributed by atoms with van der Waals surface area (Å²) in [4.78, 5) is 19.6. The van der Waals surface area contributed by atoms with Crippen molar-refractivity contribution < 1.29 is 9.53 Å². The molecule has 1 amide bonds. The molecule has 0 aliphatic rings. The first kappa shape index (κ1) is 19.5. The first-order valence-electron chi connectivity index (χ1n) is 7.92. The number of para-hydroxylation sites is 1. The Morgan fingerprint density at radius 1 is 1.25 bits per heavy atom. The van der Waals surface area contributed by atoms with Crippen LogP contribution >= 0.6 is 0 Å². The third-order valence-electron chi connectivity index (χ3n) is 3.21. The minimum Gasteiger partial charge on any atom is -0.492 e. The van der Waals surface area contributed by atoms with E-state index in [1.165, 1.54) is 4.90 Å². The minimum absolute atomic E-state index is 0.0430. The van der Waals surface area contributed by atoms with Gasteiger partial charge in [-0.3, -0.25) is 4.79 Å². The first-order chi connectivity index (χ1) is 11.4. The molecule has 6 nitrogen and oxygen atoms in total. The van der Waals surface area contributed by atoms with Crippen LogP contribution in [-0.4, -0.2) is 69.1 Å². The third kappa shape index (κ3) is 7.67. The normalized spacial score (nSPS) is 10.9. The van der Waals surface area contributed by atoms with Crippen molar-refractivity contribution >= 4 is 11.9 Å². The molecule has 0 aliphatic carbocycles. The number of amides is 1. The zero-order valence-electron chi connectivity index (χ0n) is 15.1. The maximum atomic E-state index is 11.7. The molecule has 132 valence electrons. The molecule has 1 rings (SSSR count). The number of likely N-dealkylation sites (N-methyl/N-ethyl adjacent to an activating group) is 2. The van der Waals surface area contributed by atoms with Gasteiger partial charge in [0.2, 0.25) is 5.91 Å². The molecule has 0 aliphatic heterocycles. The van der Waals surface area contributed by atoms with Crippen molar-refractivity contribution in [1.29, 1.82) is 0 Å². The lowest BCUT2D eigenvalue weighted by atomic mass is 10.3. The van der Waals surface area contributed by atoms with Gasteiger partial charge >= 0.3 is 0 Å². The molecule has 6 heteroatoms. The molecule has 1 aromatic carbocycles. The lowest BCUT2D eigenvalue weighted by molar-refractivity contribution is -0.127. The zero-order chi connectivity index (χ0) is 17.9. The predicted octanol–water partition coefficient (Wildman–Crippen LogP) is 1.61. The molecular weight excluding hydrogens is 304 g/mol. The van der Waals surface area contributed by atoms with Crippen LogP contribution in [0.25, 0.3) is 0 Å². The largest absolute Gasteiger partial charge is 0.492 e. The third-order valence-corrected chi connectivity index (χ3v) is 3.21. The zero-order valence-corrected chi connectivity index (χ0v) is 15.1. The van der Waals surface area contributed by atoms with Crippen molar-refractivity contribution in [2.24, 2.45) is 4.99 Å². The van der Waals surface area contributed by atoms with Crippen molar-refractivity contribution in [2.75, 3.05) is 47.4 Å². The molecular formula is C18H28N4O2. The number of carbonyl (C=O) groups excluding carboxylic acids is 1. The molecule has 0 heterocycles. The van der Waals surface area contributed by atoms with Gasteiger partial charge in [0.25, 0.3) is 0 Å². The molecule has 0 saturated heterocycles. The number of aliphatic imine (C=N–C) groups is 1. The summed E-state index contributed by atoms with van der Waals surface area (Å²) in [5.74, 6) is 1.45. The second kappa shape index (κ2) is 10.3. The van der Waals surface area contributed by atoms with Crippen molar-refractivity contribution in [3.63, 3.8) is 0 Å². The molecule has 1 N–H and O–H groups in total. The number of ether oxygens (including phenoxy) is 1. The summed E-state index contributed by atoms with van der Waals surface area (Å²) >= 11 is 0. The Kier molecular flexibility index (Phi) is 8.39. The van der Waals surface area contributed by atoms with Gasteiger partial charge in [-0.25, -0.2) is 4.99 Å². The fourth-order valence-electron chi connectivity index (χ4n) is 1.75. The van der Waals surface area contributed by atoms with Gasteiger partial charge < -0.3 is 19.9 Å². The summed E-state index contributed by atoms with van der Waals surface area (Å²) in [7, 11) is 5.35. The van der Waals surface area contributed by atoms with Crippen LogP contribution < -0.4 is 10.1 Å². The molecule has 0 fully saturated rings. The van der Waals surface area contributed by atoms with Crippen LogP contribution in [0.5, 0.6) is 5.75 Å². The summed E-state index contributed by atoms with van der Waals surface area (Å²) in [6.07, 6.45) is 0. The second-order valence-corrected chi connectivity index (χ2v) is 5.82. The number of nitrogens with one attached hydrogen (secondary N) is 1. The molecule has 0 saturated carbocycles. The van der Waals surface area contributed by atoms with Crippen LogP contribution in [0.15, 0.2) is 47.5 Å². The Morgan fingerprint density at radius 2 is 1.92 bits per heavy atom. The van der Waals surface area contributed by atoms with Gasteiger partial charge in [-0.2, -0.15) is 0 Å². The Morgan fingerprint density at radius 3 is 2.50 bits per heavy atom. The quantitative estimate of drug-likeness (QED) is 0.446. The van der Waals surface area contributed by atoms with Crippen LogP contribution in [-0.2, 0) is 4.79 Å². The Bertz CT molecular complexity index is 555. The predicted molar refractivity (Wildman–Crippen MR) is 98.4 cm³/mol. The number of nitrogens with zero attached hydrogens (tertiary/aromatic N) is 3. The maximum Gasteiger partial charge on any atom is 0.243 e. The fourth-order valence-corrected chi connectivity index (χ4v) is 1.75. The van der Waals surface area contributed by atoms with Gasteiger partial charge in [-0.05, 0) is 19.1 Å². The van der Waals surface area contributed by atoms with Crippen molar-refractivity contribution in [3.8, 4) is 5.75 Å². The standard InChI is InChI=1S/C18H28N4O2/c1-15(2)13-19-18(20-14-17(23)21(3)4)22(5)11-12-24-16-9-7-6-8-10-16/h6-10H,1,11-14H2,2-5H3,(H,19,20). The summed E-state index contributed by atoms with van der Waals surface area (Å²) in [6, 6.07) is 9.67. The summed E-state index contributed by atoms with van der Waals surface area (Å²) in [5, 5.41) is 3.21. The second-order valence-electron chi connectivity index (χ2n) is 5.82. The molecule has 24 heavy (non-hydrogen) atoms. The highest BCUT2D eigenvalue weighted by molar-refractivity contribution is 5.84. The lowest BCUT2D eigenvalue weighted by Crippen LogP contribution is -2.42. The monoisotopic (exact) mass is 332 g/mol. The van der Waals surface area contributed by atoms with Crippen molar-refractivity contribution in [2.45, 2.75) is 6.92 Å². The van der Waals surface area contributed by atoms with E-state index in [1.807, 2.05) is 49.2 Å². The molecule has 0 atom stereocenters. The van der Waals surface area contributed by atoms with Crippen LogP contribution in [0.1, 0.15) is 6.92 Å². The van der Waals surface area contributed by atoms with E-state index in [1.54, 1.807) is 14.1 Å².